The van der Waals surface area contributed by atoms with Crippen molar-refractivity contribution in [3.05, 3.63) is 77.3 Å². The van der Waals surface area contributed by atoms with Crippen LogP contribution >= 0.6 is 11.6 Å². The van der Waals surface area contributed by atoms with Crippen LogP contribution in [0.1, 0.15) is 18.5 Å². The van der Waals surface area contributed by atoms with Crippen molar-refractivity contribution in [1.29, 1.82) is 0 Å². The number of benzene rings is 3. The van der Waals surface area contributed by atoms with E-state index in [1.807, 2.05) is 31.2 Å². The fraction of sp³-hybridized carbons (Fsp3) is 0.105. The first-order chi connectivity index (χ1) is 11.1. The minimum absolute atomic E-state index is 0.111. The molecule has 0 saturated carbocycles. The van der Waals surface area contributed by atoms with Gasteiger partial charge in [0.2, 0.25) is 0 Å². The summed E-state index contributed by atoms with van der Waals surface area (Å²) in [5, 5.41) is 8.65. The van der Waals surface area contributed by atoms with Crippen molar-refractivity contribution in [2.75, 3.05) is 5.32 Å². The molecule has 2 N–H and O–H groups in total. The zero-order valence-corrected chi connectivity index (χ0v) is 13.5. The lowest BCUT2D eigenvalue weighted by molar-refractivity contribution is 0.249. The molecule has 1 atom stereocenters. The molecule has 0 radical (unpaired) electrons. The van der Waals surface area contributed by atoms with Gasteiger partial charge in [0.05, 0.1) is 6.04 Å². The fourth-order valence-corrected chi connectivity index (χ4v) is 2.83. The van der Waals surface area contributed by atoms with E-state index in [0.717, 1.165) is 16.3 Å². The molecule has 0 spiro atoms. The lowest BCUT2D eigenvalue weighted by Gasteiger charge is -2.17. The number of nitrogens with one attached hydrogen (secondary N) is 2. The Labute approximate surface area is 140 Å². The number of amides is 2. The predicted octanol–water partition coefficient (Wildman–Crippen LogP) is 5.38. The van der Waals surface area contributed by atoms with Gasteiger partial charge in [-0.2, -0.15) is 0 Å². The number of anilines is 1. The second-order valence-electron chi connectivity index (χ2n) is 5.40. The van der Waals surface area contributed by atoms with E-state index in [2.05, 4.69) is 28.8 Å². The van der Waals surface area contributed by atoms with Gasteiger partial charge in [-0.15, -0.1) is 0 Å². The van der Waals surface area contributed by atoms with Gasteiger partial charge in [-0.3, -0.25) is 0 Å². The summed E-state index contributed by atoms with van der Waals surface area (Å²) in [5.74, 6) is 0. The third-order valence-electron chi connectivity index (χ3n) is 3.72. The molecule has 116 valence electrons. The van der Waals surface area contributed by atoms with Crippen LogP contribution < -0.4 is 10.6 Å². The molecule has 0 fully saturated rings. The van der Waals surface area contributed by atoms with Gasteiger partial charge in [-0.1, -0.05) is 60.1 Å². The molecule has 4 heteroatoms. The maximum atomic E-state index is 12.2. The van der Waals surface area contributed by atoms with Crippen LogP contribution in [0.2, 0.25) is 5.02 Å². The van der Waals surface area contributed by atoms with Crippen LogP contribution in [0.25, 0.3) is 10.8 Å². The first-order valence-corrected chi connectivity index (χ1v) is 7.82. The van der Waals surface area contributed by atoms with Gasteiger partial charge in [0.1, 0.15) is 0 Å². The van der Waals surface area contributed by atoms with Gasteiger partial charge in [-0.25, -0.2) is 4.79 Å². The number of fused-ring (bicyclic) bond motifs is 1. The molecule has 3 nitrogen and oxygen atoms in total. The molecule has 0 aliphatic carbocycles. The molecule has 23 heavy (non-hydrogen) atoms. The molecule has 0 bridgehead atoms. The van der Waals surface area contributed by atoms with E-state index in [1.165, 1.54) is 0 Å². The zero-order valence-electron chi connectivity index (χ0n) is 12.7. The first-order valence-electron chi connectivity index (χ1n) is 7.44. The SMILES string of the molecule is C[C@H](NC(=O)Nc1cccc(Cl)c1)c1cccc2ccccc12. The van der Waals surface area contributed by atoms with E-state index in [-0.39, 0.29) is 12.1 Å². The minimum Gasteiger partial charge on any atom is -0.331 e. The Morgan fingerprint density at radius 2 is 1.74 bits per heavy atom. The van der Waals surface area contributed by atoms with Crippen LogP contribution in [0.3, 0.4) is 0 Å². The highest BCUT2D eigenvalue weighted by atomic mass is 35.5. The summed E-state index contributed by atoms with van der Waals surface area (Å²) in [5.41, 5.74) is 1.75. The number of rotatable bonds is 3. The van der Waals surface area contributed by atoms with E-state index in [4.69, 9.17) is 11.6 Å². The number of urea groups is 1. The third kappa shape index (κ3) is 3.63. The maximum absolute atomic E-state index is 12.2. The Kier molecular flexibility index (Phi) is 4.49. The summed E-state index contributed by atoms with van der Waals surface area (Å²) >= 11 is 5.92. The summed E-state index contributed by atoms with van der Waals surface area (Å²) < 4.78 is 0. The average molecular weight is 325 g/mol. The molecule has 2 amide bonds. The lowest BCUT2D eigenvalue weighted by atomic mass is 10.00. The van der Waals surface area contributed by atoms with Crippen molar-refractivity contribution in [2.45, 2.75) is 13.0 Å². The normalized spacial score (nSPS) is 11.9. The molecule has 0 saturated heterocycles. The van der Waals surface area contributed by atoms with Crippen molar-refractivity contribution in [2.24, 2.45) is 0 Å². The minimum atomic E-state index is -0.257. The molecule has 3 aromatic carbocycles. The number of carbonyl (C=O) groups excluding carboxylic acids is 1. The van der Waals surface area contributed by atoms with Crippen LogP contribution in [-0.4, -0.2) is 6.03 Å². The van der Waals surface area contributed by atoms with Gasteiger partial charge in [0.15, 0.2) is 0 Å². The Hall–Kier alpha value is -2.52. The van der Waals surface area contributed by atoms with E-state index in [1.54, 1.807) is 24.3 Å². The standard InChI is InChI=1S/C19H17ClN2O/c1-13(17-11-4-7-14-6-2-3-10-18(14)17)21-19(23)22-16-9-5-8-15(20)12-16/h2-13H,1H3,(H2,21,22,23)/t13-/m0/s1. The van der Waals surface area contributed by atoms with E-state index < -0.39 is 0 Å². The smallest absolute Gasteiger partial charge is 0.319 e. The van der Waals surface area contributed by atoms with Crippen molar-refractivity contribution in [1.82, 2.24) is 5.32 Å². The summed E-state index contributed by atoms with van der Waals surface area (Å²) in [6.07, 6.45) is 0. The topological polar surface area (TPSA) is 41.1 Å². The highest BCUT2D eigenvalue weighted by molar-refractivity contribution is 6.30. The zero-order chi connectivity index (χ0) is 16.2. The van der Waals surface area contributed by atoms with E-state index in [9.17, 15) is 4.79 Å². The van der Waals surface area contributed by atoms with Gasteiger partial charge < -0.3 is 10.6 Å². The third-order valence-corrected chi connectivity index (χ3v) is 3.96. The summed E-state index contributed by atoms with van der Waals surface area (Å²) in [6, 6.07) is 21.0. The molecule has 3 aromatic rings. The van der Waals surface area contributed by atoms with Gasteiger partial charge >= 0.3 is 6.03 Å². The first kappa shape index (κ1) is 15.4. The lowest BCUT2D eigenvalue weighted by Crippen LogP contribution is -2.31. The monoisotopic (exact) mass is 324 g/mol. The highest BCUT2D eigenvalue weighted by Gasteiger charge is 2.12. The highest BCUT2D eigenvalue weighted by Crippen LogP contribution is 2.24. The Balaban J connectivity index is 1.75. The van der Waals surface area contributed by atoms with Crippen molar-refractivity contribution < 1.29 is 4.79 Å². The molecular formula is C19H17ClN2O. The van der Waals surface area contributed by atoms with Crippen LogP contribution in [-0.2, 0) is 0 Å². The molecule has 0 aliphatic rings. The number of halogens is 1. The molecule has 0 unspecified atom stereocenters. The molecular weight excluding hydrogens is 308 g/mol. The molecule has 3 rings (SSSR count). The van der Waals surface area contributed by atoms with Crippen molar-refractivity contribution in [3.8, 4) is 0 Å². The molecule has 0 heterocycles. The fourth-order valence-electron chi connectivity index (χ4n) is 2.64. The summed E-state index contributed by atoms with van der Waals surface area (Å²) in [4.78, 5) is 12.2. The Morgan fingerprint density at radius 3 is 2.57 bits per heavy atom. The summed E-state index contributed by atoms with van der Waals surface area (Å²) in [7, 11) is 0. The number of carbonyl (C=O) groups is 1. The predicted molar refractivity (Wildman–Crippen MR) is 96.0 cm³/mol. The van der Waals surface area contributed by atoms with Crippen LogP contribution in [0.15, 0.2) is 66.7 Å². The van der Waals surface area contributed by atoms with E-state index >= 15 is 0 Å². The number of hydrogen-bond acceptors (Lipinski definition) is 1. The van der Waals surface area contributed by atoms with Crippen LogP contribution in [0.4, 0.5) is 10.5 Å². The van der Waals surface area contributed by atoms with Gasteiger partial charge in [0.25, 0.3) is 0 Å². The van der Waals surface area contributed by atoms with Crippen molar-refractivity contribution >= 4 is 34.1 Å². The quantitative estimate of drug-likeness (QED) is 0.667. The van der Waals surface area contributed by atoms with Gasteiger partial charge in [0, 0.05) is 10.7 Å². The molecule has 0 aliphatic heterocycles. The second kappa shape index (κ2) is 6.71. The van der Waals surface area contributed by atoms with E-state index in [0.29, 0.717) is 10.7 Å². The number of hydrogen-bond donors (Lipinski definition) is 2. The Morgan fingerprint density at radius 1 is 1.00 bits per heavy atom. The van der Waals surface area contributed by atoms with Crippen LogP contribution in [0.5, 0.6) is 0 Å². The van der Waals surface area contributed by atoms with Crippen LogP contribution in [0, 0.1) is 0 Å². The van der Waals surface area contributed by atoms with Gasteiger partial charge in [-0.05, 0) is 41.5 Å². The molecule has 0 aromatic heterocycles. The Bertz CT molecular complexity index is 842. The average Bonchev–Trinajstić information content (AvgIpc) is 2.54. The largest absolute Gasteiger partial charge is 0.331 e. The second-order valence-corrected chi connectivity index (χ2v) is 5.84. The summed E-state index contributed by atoms with van der Waals surface area (Å²) in [6.45, 7) is 1.97. The van der Waals surface area contributed by atoms with Crippen molar-refractivity contribution in [3.63, 3.8) is 0 Å². The maximum Gasteiger partial charge on any atom is 0.319 e.